The number of anilines is 2. The molecule has 1 aliphatic rings. The maximum atomic E-state index is 13.5. The molecule has 1 N–H and O–H groups in total. The highest BCUT2D eigenvalue weighted by Crippen LogP contribution is 2.38. The maximum absolute atomic E-state index is 13.5. The number of sulfonamides is 1. The van der Waals surface area contributed by atoms with Crippen molar-refractivity contribution in [3.05, 3.63) is 82.9 Å². The van der Waals surface area contributed by atoms with Gasteiger partial charge in [0.25, 0.3) is 15.9 Å². The molecule has 0 saturated heterocycles. The maximum Gasteiger partial charge on any atom is 0.267 e. The van der Waals surface area contributed by atoms with Crippen molar-refractivity contribution in [1.82, 2.24) is 0 Å². The van der Waals surface area contributed by atoms with Crippen LogP contribution in [0.3, 0.4) is 0 Å². The van der Waals surface area contributed by atoms with Crippen LogP contribution in [-0.4, -0.2) is 27.0 Å². The van der Waals surface area contributed by atoms with E-state index in [0.717, 1.165) is 22.3 Å². The van der Waals surface area contributed by atoms with Gasteiger partial charge in [0.15, 0.2) is 6.10 Å². The lowest BCUT2D eigenvalue weighted by Gasteiger charge is -2.35. The lowest BCUT2D eigenvalue weighted by molar-refractivity contribution is -0.122. The van der Waals surface area contributed by atoms with Crippen molar-refractivity contribution in [3.63, 3.8) is 0 Å². The number of carbonyl (C=O) groups is 1. The largest absolute Gasteiger partial charge is 0.476 e. The molecule has 166 valence electrons. The van der Waals surface area contributed by atoms with Gasteiger partial charge < -0.3 is 10.1 Å². The summed E-state index contributed by atoms with van der Waals surface area (Å²) in [6, 6.07) is 17.7. The molecule has 6 nitrogen and oxygen atoms in total. The number of ether oxygens (including phenoxy) is 1. The van der Waals surface area contributed by atoms with Crippen molar-refractivity contribution in [3.8, 4) is 5.75 Å². The monoisotopic (exact) mass is 450 g/mol. The Bertz CT molecular complexity index is 1260. The van der Waals surface area contributed by atoms with Crippen molar-refractivity contribution in [1.29, 1.82) is 0 Å². The molecule has 0 aliphatic carbocycles. The van der Waals surface area contributed by atoms with E-state index in [2.05, 4.69) is 5.32 Å². The molecule has 0 radical (unpaired) electrons. The van der Waals surface area contributed by atoms with E-state index in [9.17, 15) is 13.2 Å². The SMILES string of the molecule is Cc1ccc(S(=O)(=O)N2CC(C(=O)Nc3cc(C)cc(C)c3)Oc3ccc(C)cc32)cc1. The highest BCUT2D eigenvalue weighted by Gasteiger charge is 2.37. The highest BCUT2D eigenvalue weighted by atomic mass is 32.2. The molecule has 0 fully saturated rings. The van der Waals surface area contributed by atoms with Gasteiger partial charge in [0.1, 0.15) is 5.75 Å². The van der Waals surface area contributed by atoms with Gasteiger partial charge in [-0.15, -0.1) is 0 Å². The fourth-order valence-electron chi connectivity index (χ4n) is 3.83. The normalized spacial score (nSPS) is 15.6. The quantitative estimate of drug-likeness (QED) is 0.634. The van der Waals surface area contributed by atoms with Crippen LogP contribution in [0.4, 0.5) is 11.4 Å². The van der Waals surface area contributed by atoms with Crippen LogP contribution in [0.25, 0.3) is 0 Å². The Labute approximate surface area is 188 Å². The number of hydrogen-bond donors (Lipinski definition) is 1. The molecule has 7 heteroatoms. The first-order valence-electron chi connectivity index (χ1n) is 10.4. The van der Waals surface area contributed by atoms with Crippen molar-refractivity contribution in [2.24, 2.45) is 0 Å². The predicted molar refractivity (Wildman–Crippen MR) is 126 cm³/mol. The van der Waals surface area contributed by atoms with Crippen LogP contribution in [0, 0.1) is 27.7 Å². The van der Waals surface area contributed by atoms with Gasteiger partial charge in [-0.2, -0.15) is 0 Å². The summed E-state index contributed by atoms with van der Waals surface area (Å²) in [5.41, 5.74) is 4.99. The molecule has 1 amide bonds. The molecular formula is C25H26N2O4S. The summed E-state index contributed by atoms with van der Waals surface area (Å²) < 4.78 is 34.3. The number of hydrogen-bond acceptors (Lipinski definition) is 4. The first-order chi connectivity index (χ1) is 15.1. The third kappa shape index (κ3) is 4.34. The van der Waals surface area contributed by atoms with E-state index in [1.807, 2.05) is 52.0 Å². The van der Waals surface area contributed by atoms with Crippen LogP contribution in [-0.2, 0) is 14.8 Å². The van der Waals surface area contributed by atoms with Gasteiger partial charge in [-0.1, -0.05) is 29.8 Å². The molecule has 1 unspecified atom stereocenters. The van der Waals surface area contributed by atoms with Gasteiger partial charge in [0.05, 0.1) is 17.1 Å². The number of nitrogens with zero attached hydrogens (tertiary/aromatic N) is 1. The zero-order valence-corrected chi connectivity index (χ0v) is 19.4. The second-order valence-electron chi connectivity index (χ2n) is 8.29. The van der Waals surface area contributed by atoms with Crippen LogP contribution in [0.2, 0.25) is 0 Å². The van der Waals surface area contributed by atoms with E-state index < -0.39 is 22.0 Å². The van der Waals surface area contributed by atoms with Gasteiger partial charge in [0, 0.05) is 5.69 Å². The smallest absolute Gasteiger partial charge is 0.267 e. The average Bonchev–Trinajstić information content (AvgIpc) is 2.72. The summed E-state index contributed by atoms with van der Waals surface area (Å²) in [5, 5.41) is 2.87. The molecule has 0 spiro atoms. The molecule has 1 atom stereocenters. The summed E-state index contributed by atoms with van der Waals surface area (Å²) in [5.74, 6) is -0.0385. The minimum absolute atomic E-state index is 0.122. The van der Waals surface area contributed by atoms with E-state index in [0.29, 0.717) is 17.1 Å². The first kappa shape index (κ1) is 21.9. The molecule has 0 aromatic heterocycles. The van der Waals surface area contributed by atoms with Gasteiger partial charge in [-0.3, -0.25) is 9.10 Å². The fourth-order valence-corrected chi connectivity index (χ4v) is 5.30. The summed E-state index contributed by atoms with van der Waals surface area (Å²) in [7, 11) is -3.89. The molecule has 1 aliphatic heterocycles. The zero-order valence-electron chi connectivity index (χ0n) is 18.5. The van der Waals surface area contributed by atoms with Crippen LogP contribution in [0.5, 0.6) is 5.75 Å². The van der Waals surface area contributed by atoms with Crippen molar-refractivity contribution < 1.29 is 17.9 Å². The molecular weight excluding hydrogens is 424 g/mol. The summed E-state index contributed by atoms with van der Waals surface area (Å²) >= 11 is 0. The van der Waals surface area contributed by atoms with E-state index in [-0.39, 0.29) is 11.4 Å². The minimum Gasteiger partial charge on any atom is -0.476 e. The van der Waals surface area contributed by atoms with Crippen molar-refractivity contribution in [2.45, 2.75) is 38.7 Å². The Balaban J connectivity index is 1.69. The molecule has 32 heavy (non-hydrogen) atoms. The Morgan fingerprint density at radius 1 is 0.875 bits per heavy atom. The number of benzene rings is 3. The van der Waals surface area contributed by atoms with Gasteiger partial charge in [-0.05, 0) is 80.8 Å². The number of aryl methyl sites for hydroxylation is 4. The molecule has 3 aromatic rings. The van der Waals surface area contributed by atoms with Crippen molar-refractivity contribution in [2.75, 3.05) is 16.2 Å². The molecule has 0 bridgehead atoms. The van der Waals surface area contributed by atoms with E-state index in [1.54, 1.807) is 36.4 Å². The lowest BCUT2D eigenvalue weighted by Crippen LogP contribution is -2.48. The van der Waals surface area contributed by atoms with Crippen LogP contribution >= 0.6 is 0 Å². The fraction of sp³-hybridized carbons (Fsp3) is 0.240. The molecule has 1 heterocycles. The Kier molecular flexibility index (Phi) is 5.69. The zero-order chi connectivity index (χ0) is 23.0. The van der Waals surface area contributed by atoms with E-state index in [1.165, 1.54) is 4.31 Å². The third-order valence-electron chi connectivity index (χ3n) is 5.37. The van der Waals surface area contributed by atoms with Crippen LogP contribution in [0.1, 0.15) is 22.3 Å². The summed E-state index contributed by atoms with van der Waals surface area (Å²) in [4.78, 5) is 13.2. The van der Waals surface area contributed by atoms with E-state index >= 15 is 0 Å². The molecule has 4 rings (SSSR count). The van der Waals surface area contributed by atoms with Crippen LogP contribution in [0.15, 0.2) is 65.6 Å². The van der Waals surface area contributed by atoms with Gasteiger partial charge in [-0.25, -0.2) is 8.42 Å². The average molecular weight is 451 g/mol. The number of carbonyl (C=O) groups excluding carboxylic acids is 1. The standard InChI is InChI=1S/C25H26N2O4S/c1-16-5-8-21(9-6-16)32(29,30)27-15-24(31-23-10-7-17(2)14-22(23)27)25(28)26-20-12-18(3)11-19(4)13-20/h5-14,24H,15H2,1-4H3,(H,26,28). The Hall–Kier alpha value is -3.32. The lowest BCUT2D eigenvalue weighted by atomic mass is 10.1. The topological polar surface area (TPSA) is 75.7 Å². The molecule has 3 aromatic carbocycles. The predicted octanol–water partition coefficient (Wildman–Crippen LogP) is 4.52. The minimum atomic E-state index is -3.89. The highest BCUT2D eigenvalue weighted by molar-refractivity contribution is 7.92. The number of fused-ring (bicyclic) bond motifs is 1. The number of nitrogens with one attached hydrogen (secondary N) is 1. The van der Waals surface area contributed by atoms with Crippen molar-refractivity contribution >= 4 is 27.3 Å². The summed E-state index contributed by atoms with van der Waals surface area (Å²) in [6.07, 6.45) is -0.994. The number of rotatable bonds is 4. The second kappa shape index (κ2) is 8.31. The third-order valence-corrected chi connectivity index (χ3v) is 7.17. The molecule has 0 saturated carbocycles. The summed E-state index contributed by atoms with van der Waals surface area (Å²) in [6.45, 7) is 7.57. The Morgan fingerprint density at radius 3 is 2.16 bits per heavy atom. The van der Waals surface area contributed by atoms with Gasteiger partial charge in [0.2, 0.25) is 0 Å². The first-order valence-corrected chi connectivity index (χ1v) is 11.8. The van der Waals surface area contributed by atoms with Gasteiger partial charge >= 0.3 is 0 Å². The second-order valence-corrected chi connectivity index (χ2v) is 10.2. The van der Waals surface area contributed by atoms with Crippen LogP contribution < -0.4 is 14.4 Å². The number of amides is 1. The Morgan fingerprint density at radius 2 is 1.50 bits per heavy atom. The van der Waals surface area contributed by atoms with E-state index in [4.69, 9.17) is 4.74 Å².